The van der Waals surface area contributed by atoms with E-state index in [1.807, 2.05) is 0 Å². The third-order valence-corrected chi connectivity index (χ3v) is 4.16. The number of carbonyl (C=O) groups excluding carboxylic acids is 1. The second kappa shape index (κ2) is 8.26. The Labute approximate surface area is 156 Å². The molecule has 1 aromatic heterocycles. The van der Waals surface area contributed by atoms with Crippen LogP contribution in [0.2, 0.25) is 0 Å². The molecule has 27 heavy (non-hydrogen) atoms. The molecule has 0 saturated carbocycles. The molecular formula is C18H24N4O5. The first-order valence-electron chi connectivity index (χ1n) is 9.03. The number of fused-ring (bicyclic) bond motifs is 1. The predicted octanol–water partition coefficient (Wildman–Crippen LogP) is 0.602. The number of nitrogens with zero attached hydrogens (tertiary/aromatic N) is 3. The molecule has 0 radical (unpaired) electrons. The second-order valence-electron chi connectivity index (χ2n) is 6.49. The van der Waals surface area contributed by atoms with Crippen molar-refractivity contribution < 1.29 is 19.4 Å². The number of amides is 1. The van der Waals surface area contributed by atoms with Gasteiger partial charge in [-0.25, -0.2) is 14.0 Å². The number of aliphatic hydroxyl groups is 1. The van der Waals surface area contributed by atoms with E-state index < -0.39 is 11.8 Å². The Bertz CT molecular complexity index is 871. The summed E-state index contributed by atoms with van der Waals surface area (Å²) in [5.74, 6) is 1.41. The molecule has 9 heteroatoms. The third kappa shape index (κ3) is 4.30. The van der Waals surface area contributed by atoms with Crippen LogP contribution in [0.15, 0.2) is 23.0 Å². The minimum Gasteiger partial charge on any atom is -0.454 e. The summed E-state index contributed by atoms with van der Waals surface area (Å²) in [5, 5.41) is 16.2. The van der Waals surface area contributed by atoms with Gasteiger partial charge in [-0.1, -0.05) is 13.3 Å². The molecule has 1 aliphatic heterocycles. The monoisotopic (exact) mass is 376 g/mol. The van der Waals surface area contributed by atoms with E-state index in [9.17, 15) is 14.7 Å². The van der Waals surface area contributed by atoms with Crippen molar-refractivity contribution in [1.29, 1.82) is 0 Å². The highest BCUT2D eigenvalue weighted by Crippen LogP contribution is 2.33. The van der Waals surface area contributed by atoms with Gasteiger partial charge < -0.3 is 19.9 Å². The van der Waals surface area contributed by atoms with Gasteiger partial charge in [0.05, 0.1) is 11.8 Å². The topological polar surface area (TPSA) is 108 Å². The van der Waals surface area contributed by atoms with Gasteiger partial charge in [-0.2, -0.15) is 5.10 Å². The van der Waals surface area contributed by atoms with E-state index in [0.29, 0.717) is 29.4 Å². The van der Waals surface area contributed by atoms with E-state index in [1.54, 1.807) is 25.1 Å². The van der Waals surface area contributed by atoms with E-state index in [4.69, 9.17) is 9.47 Å². The lowest BCUT2D eigenvalue weighted by atomic mass is 10.2. The maximum Gasteiger partial charge on any atom is 0.351 e. The molecule has 2 aromatic rings. The Morgan fingerprint density at radius 3 is 2.89 bits per heavy atom. The van der Waals surface area contributed by atoms with E-state index in [-0.39, 0.29) is 25.8 Å². The third-order valence-electron chi connectivity index (χ3n) is 4.16. The molecule has 2 heterocycles. The molecule has 0 saturated heterocycles. The van der Waals surface area contributed by atoms with Gasteiger partial charge in [-0.15, -0.1) is 0 Å². The summed E-state index contributed by atoms with van der Waals surface area (Å²) >= 11 is 0. The molecule has 0 bridgehead atoms. The first kappa shape index (κ1) is 19.0. The molecule has 1 aromatic carbocycles. The molecule has 1 amide bonds. The SMILES string of the molecule is CCCCc1nn(CC(=O)NC[C@@H](C)O)c(=O)n1-c1ccc2c(c1)OCO2. The Balaban J connectivity index is 1.91. The van der Waals surface area contributed by atoms with Crippen LogP contribution in [0.3, 0.4) is 0 Å². The van der Waals surface area contributed by atoms with Gasteiger partial charge in [0, 0.05) is 19.0 Å². The van der Waals surface area contributed by atoms with Crippen molar-refractivity contribution in [3.05, 3.63) is 34.5 Å². The number of carbonyl (C=O) groups is 1. The number of unbranched alkanes of at least 4 members (excludes halogenated alkanes) is 1. The summed E-state index contributed by atoms with van der Waals surface area (Å²) in [5.41, 5.74) is 0.221. The average molecular weight is 376 g/mol. The van der Waals surface area contributed by atoms with Crippen molar-refractivity contribution in [1.82, 2.24) is 19.7 Å². The fourth-order valence-corrected chi connectivity index (χ4v) is 2.79. The molecular weight excluding hydrogens is 352 g/mol. The van der Waals surface area contributed by atoms with Crippen molar-refractivity contribution >= 4 is 5.91 Å². The van der Waals surface area contributed by atoms with Crippen molar-refractivity contribution in [2.24, 2.45) is 0 Å². The predicted molar refractivity (Wildman–Crippen MR) is 97.2 cm³/mol. The van der Waals surface area contributed by atoms with Gasteiger partial charge in [-0.05, 0) is 25.5 Å². The smallest absolute Gasteiger partial charge is 0.351 e. The molecule has 0 aliphatic carbocycles. The highest BCUT2D eigenvalue weighted by molar-refractivity contribution is 5.75. The van der Waals surface area contributed by atoms with Crippen LogP contribution in [-0.4, -0.2) is 44.8 Å². The molecule has 146 valence electrons. The normalized spacial score (nSPS) is 13.6. The molecule has 0 spiro atoms. The number of aromatic nitrogens is 3. The number of hydrogen-bond acceptors (Lipinski definition) is 6. The highest BCUT2D eigenvalue weighted by atomic mass is 16.7. The number of rotatable bonds is 8. The Hall–Kier alpha value is -2.81. The molecule has 2 N–H and O–H groups in total. The van der Waals surface area contributed by atoms with Crippen molar-refractivity contribution in [2.45, 2.75) is 45.8 Å². The second-order valence-corrected chi connectivity index (χ2v) is 6.49. The fraction of sp³-hybridized carbons (Fsp3) is 0.500. The number of benzene rings is 1. The summed E-state index contributed by atoms with van der Waals surface area (Å²) in [6.45, 7) is 3.70. The van der Waals surface area contributed by atoms with Crippen LogP contribution in [0.25, 0.3) is 5.69 Å². The molecule has 1 aliphatic rings. The summed E-state index contributed by atoms with van der Waals surface area (Å²) in [6.07, 6.45) is 1.78. The first-order valence-corrected chi connectivity index (χ1v) is 9.03. The van der Waals surface area contributed by atoms with E-state index in [2.05, 4.69) is 17.3 Å². The number of hydrogen-bond donors (Lipinski definition) is 2. The van der Waals surface area contributed by atoms with Crippen molar-refractivity contribution in [2.75, 3.05) is 13.3 Å². The quantitative estimate of drug-likeness (QED) is 0.699. The molecule has 0 fully saturated rings. The van der Waals surface area contributed by atoms with Crippen LogP contribution in [0.1, 0.15) is 32.5 Å². The lowest BCUT2D eigenvalue weighted by Gasteiger charge is -2.06. The Kier molecular flexibility index (Phi) is 5.80. The zero-order valence-electron chi connectivity index (χ0n) is 15.5. The first-order chi connectivity index (χ1) is 13.0. The van der Waals surface area contributed by atoms with Crippen LogP contribution in [-0.2, 0) is 17.8 Å². The van der Waals surface area contributed by atoms with Gasteiger partial charge >= 0.3 is 5.69 Å². The zero-order chi connectivity index (χ0) is 19.4. The molecule has 3 rings (SSSR count). The van der Waals surface area contributed by atoms with Gasteiger partial charge in [0.2, 0.25) is 12.7 Å². The lowest BCUT2D eigenvalue weighted by Crippen LogP contribution is -2.36. The molecule has 0 unspecified atom stereocenters. The maximum atomic E-state index is 12.9. The lowest BCUT2D eigenvalue weighted by molar-refractivity contribution is -0.122. The summed E-state index contributed by atoms with van der Waals surface area (Å²) in [7, 11) is 0. The number of ether oxygens (including phenoxy) is 2. The maximum absolute atomic E-state index is 12.9. The zero-order valence-corrected chi connectivity index (χ0v) is 15.5. The number of aliphatic hydroxyl groups excluding tert-OH is 1. The van der Waals surface area contributed by atoms with Gasteiger partial charge in [0.1, 0.15) is 12.4 Å². The average Bonchev–Trinajstić information content (AvgIpc) is 3.22. The summed E-state index contributed by atoms with van der Waals surface area (Å²) < 4.78 is 13.4. The van der Waals surface area contributed by atoms with Crippen LogP contribution in [0.4, 0.5) is 0 Å². The van der Waals surface area contributed by atoms with E-state index in [1.165, 1.54) is 4.57 Å². The standard InChI is InChI=1S/C18H24N4O5/c1-3-4-5-16-20-21(10-17(24)19-9-12(2)23)18(25)22(16)13-6-7-14-15(8-13)27-11-26-14/h6-8,12,23H,3-5,9-11H2,1-2H3,(H,19,24)/t12-/m1/s1. The van der Waals surface area contributed by atoms with E-state index in [0.717, 1.165) is 17.5 Å². The fourth-order valence-electron chi connectivity index (χ4n) is 2.79. The van der Waals surface area contributed by atoms with Gasteiger partial charge in [0.15, 0.2) is 11.5 Å². The van der Waals surface area contributed by atoms with E-state index >= 15 is 0 Å². The number of nitrogens with one attached hydrogen (secondary N) is 1. The minimum absolute atomic E-state index is 0.124. The van der Waals surface area contributed by atoms with Crippen LogP contribution in [0, 0.1) is 0 Å². The number of aryl methyl sites for hydroxylation is 1. The van der Waals surface area contributed by atoms with Crippen LogP contribution < -0.4 is 20.5 Å². The Morgan fingerprint density at radius 2 is 2.15 bits per heavy atom. The minimum atomic E-state index is -0.656. The van der Waals surface area contributed by atoms with Crippen LogP contribution >= 0.6 is 0 Å². The summed E-state index contributed by atoms with van der Waals surface area (Å²) in [4.78, 5) is 24.9. The highest BCUT2D eigenvalue weighted by Gasteiger charge is 2.20. The van der Waals surface area contributed by atoms with Gasteiger partial charge in [-0.3, -0.25) is 4.79 Å². The van der Waals surface area contributed by atoms with Crippen molar-refractivity contribution in [3.8, 4) is 17.2 Å². The van der Waals surface area contributed by atoms with Gasteiger partial charge in [0.25, 0.3) is 0 Å². The molecule has 1 atom stereocenters. The Morgan fingerprint density at radius 1 is 1.37 bits per heavy atom. The van der Waals surface area contributed by atoms with Crippen molar-refractivity contribution in [3.63, 3.8) is 0 Å². The molecule has 9 nitrogen and oxygen atoms in total. The summed E-state index contributed by atoms with van der Waals surface area (Å²) in [6, 6.07) is 5.25. The largest absolute Gasteiger partial charge is 0.454 e. The van der Waals surface area contributed by atoms with Crippen LogP contribution in [0.5, 0.6) is 11.5 Å².